The number of nitrogens with two attached hydrogens (primary N) is 1. The minimum atomic E-state index is 0.599. The second-order valence-corrected chi connectivity index (χ2v) is 5.22. The van der Waals surface area contributed by atoms with Crippen molar-refractivity contribution >= 4 is 22.5 Å². The molecule has 0 bridgehead atoms. The summed E-state index contributed by atoms with van der Waals surface area (Å²) in [5, 5.41) is 3.39. The maximum atomic E-state index is 5.91. The molecular formula is C17H19N3O. The Balaban J connectivity index is 2.10. The average Bonchev–Trinajstić information content (AvgIpc) is 2.88. The zero-order chi connectivity index (χ0) is 14.8. The Morgan fingerprint density at radius 1 is 1.19 bits per heavy atom. The van der Waals surface area contributed by atoms with Gasteiger partial charge in [-0.25, -0.2) is 4.98 Å². The molecule has 1 aromatic heterocycles. The molecule has 108 valence electrons. The molecule has 0 atom stereocenters. The van der Waals surface area contributed by atoms with Crippen molar-refractivity contribution in [3.63, 3.8) is 0 Å². The van der Waals surface area contributed by atoms with Gasteiger partial charge in [0, 0.05) is 17.9 Å². The maximum Gasteiger partial charge on any atom is 0.229 e. The van der Waals surface area contributed by atoms with Crippen molar-refractivity contribution in [2.45, 2.75) is 20.3 Å². The van der Waals surface area contributed by atoms with Crippen LogP contribution >= 0.6 is 0 Å². The first-order chi connectivity index (χ1) is 10.2. The number of hydrogen-bond acceptors (Lipinski definition) is 4. The largest absolute Gasteiger partial charge is 0.436 e. The molecule has 0 spiro atoms. The van der Waals surface area contributed by atoms with Gasteiger partial charge < -0.3 is 15.5 Å². The first-order valence-corrected chi connectivity index (χ1v) is 7.18. The van der Waals surface area contributed by atoms with Crippen LogP contribution in [0.15, 0.2) is 40.8 Å². The van der Waals surface area contributed by atoms with Gasteiger partial charge >= 0.3 is 0 Å². The van der Waals surface area contributed by atoms with E-state index in [4.69, 9.17) is 10.2 Å². The van der Waals surface area contributed by atoms with Crippen LogP contribution in [-0.4, -0.2) is 11.5 Å². The van der Waals surface area contributed by atoms with Gasteiger partial charge in [-0.3, -0.25) is 0 Å². The number of rotatable bonds is 4. The van der Waals surface area contributed by atoms with Crippen LogP contribution in [0.5, 0.6) is 0 Å². The van der Waals surface area contributed by atoms with E-state index in [1.165, 1.54) is 5.56 Å². The van der Waals surface area contributed by atoms with Crippen LogP contribution < -0.4 is 11.1 Å². The number of nitrogen functional groups attached to an aromatic ring is 1. The summed E-state index contributed by atoms with van der Waals surface area (Å²) in [6.07, 6.45) is 1.05. The van der Waals surface area contributed by atoms with Crippen molar-refractivity contribution in [2.24, 2.45) is 0 Å². The SMILES string of the molecule is CCCNc1ccc(N)cc1-c1nc2cc(C)ccc2o1. The van der Waals surface area contributed by atoms with Crippen LogP contribution in [0.25, 0.3) is 22.6 Å². The van der Waals surface area contributed by atoms with Crippen molar-refractivity contribution in [3.8, 4) is 11.5 Å². The van der Waals surface area contributed by atoms with E-state index in [2.05, 4.69) is 17.2 Å². The van der Waals surface area contributed by atoms with Gasteiger partial charge in [0.25, 0.3) is 0 Å². The molecule has 3 N–H and O–H groups in total. The molecular weight excluding hydrogens is 262 g/mol. The maximum absolute atomic E-state index is 5.91. The molecule has 0 aliphatic heterocycles. The summed E-state index contributed by atoms with van der Waals surface area (Å²) in [4.78, 5) is 4.59. The molecule has 0 radical (unpaired) electrons. The minimum Gasteiger partial charge on any atom is -0.436 e. The highest BCUT2D eigenvalue weighted by molar-refractivity contribution is 5.82. The number of benzene rings is 2. The fourth-order valence-electron chi connectivity index (χ4n) is 2.31. The van der Waals surface area contributed by atoms with Gasteiger partial charge in [-0.2, -0.15) is 0 Å². The van der Waals surface area contributed by atoms with Crippen LogP contribution in [0.3, 0.4) is 0 Å². The number of fused-ring (bicyclic) bond motifs is 1. The monoisotopic (exact) mass is 281 g/mol. The van der Waals surface area contributed by atoms with Gasteiger partial charge in [0.15, 0.2) is 5.58 Å². The Bertz CT molecular complexity index is 777. The Hall–Kier alpha value is -2.49. The summed E-state index contributed by atoms with van der Waals surface area (Å²) in [6.45, 7) is 5.07. The van der Waals surface area contributed by atoms with E-state index in [0.29, 0.717) is 11.6 Å². The molecule has 0 aliphatic rings. The predicted octanol–water partition coefficient (Wildman–Crippen LogP) is 4.21. The van der Waals surface area contributed by atoms with Gasteiger partial charge in [-0.15, -0.1) is 0 Å². The number of oxazole rings is 1. The first kappa shape index (κ1) is 13.5. The van der Waals surface area contributed by atoms with Crippen LogP contribution in [0.4, 0.5) is 11.4 Å². The molecule has 1 heterocycles. The third kappa shape index (κ3) is 2.70. The molecule has 0 saturated carbocycles. The summed E-state index contributed by atoms with van der Waals surface area (Å²) in [6, 6.07) is 11.7. The van der Waals surface area contributed by atoms with E-state index in [0.717, 1.165) is 35.3 Å². The highest BCUT2D eigenvalue weighted by Gasteiger charge is 2.13. The lowest BCUT2D eigenvalue weighted by atomic mass is 10.1. The number of aromatic nitrogens is 1. The zero-order valence-electron chi connectivity index (χ0n) is 12.3. The van der Waals surface area contributed by atoms with E-state index in [-0.39, 0.29) is 0 Å². The number of hydrogen-bond donors (Lipinski definition) is 2. The summed E-state index contributed by atoms with van der Waals surface area (Å²) in [7, 11) is 0. The molecule has 3 aromatic rings. The highest BCUT2D eigenvalue weighted by Crippen LogP contribution is 2.32. The van der Waals surface area contributed by atoms with Crippen molar-refractivity contribution in [3.05, 3.63) is 42.0 Å². The molecule has 0 saturated heterocycles. The van der Waals surface area contributed by atoms with Gasteiger partial charge in [0.1, 0.15) is 5.52 Å². The number of nitrogens with zero attached hydrogens (tertiary/aromatic N) is 1. The normalized spacial score (nSPS) is 11.0. The first-order valence-electron chi connectivity index (χ1n) is 7.18. The zero-order valence-corrected chi connectivity index (χ0v) is 12.3. The second-order valence-electron chi connectivity index (χ2n) is 5.22. The average molecular weight is 281 g/mol. The summed E-state index contributed by atoms with van der Waals surface area (Å²) < 4.78 is 5.88. The fraction of sp³-hybridized carbons (Fsp3) is 0.235. The van der Waals surface area contributed by atoms with Gasteiger partial charge in [-0.1, -0.05) is 13.0 Å². The van der Waals surface area contributed by atoms with Crippen LogP contribution in [-0.2, 0) is 0 Å². The molecule has 4 nitrogen and oxygen atoms in total. The predicted molar refractivity (Wildman–Crippen MR) is 87.4 cm³/mol. The molecule has 0 unspecified atom stereocenters. The third-order valence-electron chi connectivity index (χ3n) is 3.38. The van der Waals surface area contributed by atoms with Gasteiger partial charge in [0.2, 0.25) is 5.89 Å². The van der Waals surface area contributed by atoms with Crippen molar-refractivity contribution in [2.75, 3.05) is 17.6 Å². The van der Waals surface area contributed by atoms with Gasteiger partial charge in [0.05, 0.1) is 5.56 Å². The van der Waals surface area contributed by atoms with Crippen molar-refractivity contribution < 1.29 is 4.42 Å². The van der Waals surface area contributed by atoms with Crippen LogP contribution in [0.1, 0.15) is 18.9 Å². The van der Waals surface area contributed by atoms with E-state index in [1.807, 2.05) is 43.3 Å². The van der Waals surface area contributed by atoms with E-state index in [9.17, 15) is 0 Å². The number of anilines is 2. The number of nitrogens with one attached hydrogen (secondary N) is 1. The number of aryl methyl sites for hydroxylation is 1. The molecule has 21 heavy (non-hydrogen) atoms. The summed E-state index contributed by atoms with van der Waals surface area (Å²) in [5.41, 5.74) is 11.3. The van der Waals surface area contributed by atoms with E-state index >= 15 is 0 Å². The van der Waals surface area contributed by atoms with Gasteiger partial charge in [-0.05, 0) is 49.2 Å². The molecule has 4 heteroatoms. The quantitative estimate of drug-likeness (QED) is 0.703. The topological polar surface area (TPSA) is 64.1 Å². The Kier molecular flexibility index (Phi) is 3.52. The lowest BCUT2D eigenvalue weighted by Gasteiger charge is -2.09. The summed E-state index contributed by atoms with van der Waals surface area (Å²) >= 11 is 0. The van der Waals surface area contributed by atoms with E-state index < -0.39 is 0 Å². The standard InChI is InChI=1S/C17H19N3O/c1-3-8-19-14-6-5-12(18)10-13(14)17-20-15-9-11(2)4-7-16(15)21-17/h4-7,9-10,19H,3,8,18H2,1-2H3. The van der Waals surface area contributed by atoms with Crippen molar-refractivity contribution in [1.29, 1.82) is 0 Å². The third-order valence-corrected chi connectivity index (χ3v) is 3.38. The summed E-state index contributed by atoms with van der Waals surface area (Å²) in [5.74, 6) is 0.599. The Morgan fingerprint density at radius 2 is 2.05 bits per heavy atom. The lowest BCUT2D eigenvalue weighted by Crippen LogP contribution is -2.02. The van der Waals surface area contributed by atoms with Crippen molar-refractivity contribution in [1.82, 2.24) is 4.98 Å². The molecule has 0 aliphatic carbocycles. The Morgan fingerprint density at radius 3 is 2.86 bits per heavy atom. The smallest absolute Gasteiger partial charge is 0.229 e. The molecule has 0 amide bonds. The molecule has 0 fully saturated rings. The van der Waals surface area contributed by atoms with Crippen LogP contribution in [0, 0.1) is 6.92 Å². The molecule has 2 aromatic carbocycles. The fourth-order valence-corrected chi connectivity index (χ4v) is 2.31. The second kappa shape index (κ2) is 5.48. The molecule has 3 rings (SSSR count). The Labute approximate surface area is 124 Å². The lowest BCUT2D eigenvalue weighted by molar-refractivity contribution is 0.620. The minimum absolute atomic E-state index is 0.599. The van der Waals surface area contributed by atoms with E-state index in [1.54, 1.807) is 0 Å². The highest BCUT2D eigenvalue weighted by atomic mass is 16.3. The van der Waals surface area contributed by atoms with Crippen LogP contribution in [0.2, 0.25) is 0 Å².